The molecular weight excluding hydrogens is 515 g/mol. The number of guanidine groups is 1. The van der Waals surface area contributed by atoms with Crippen molar-refractivity contribution in [2.24, 2.45) is 10.9 Å². The van der Waals surface area contributed by atoms with E-state index < -0.39 is 0 Å². The number of benzene rings is 1. The van der Waals surface area contributed by atoms with E-state index in [9.17, 15) is 4.79 Å². The van der Waals surface area contributed by atoms with Crippen molar-refractivity contribution in [3.05, 3.63) is 29.8 Å². The van der Waals surface area contributed by atoms with Gasteiger partial charge in [0.15, 0.2) is 5.96 Å². The molecule has 2 saturated heterocycles. The molecular formula is C24H41IN6O. The second-order valence-electron chi connectivity index (χ2n) is 9.09. The zero-order valence-electron chi connectivity index (χ0n) is 20.1. The van der Waals surface area contributed by atoms with Crippen molar-refractivity contribution in [2.45, 2.75) is 39.7 Å². The highest BCUT2D eigenvalue weighted by atomic mass is 127. The molecule has 0 saturated carbocycles. The van der Waals surface area contributed by atoms with Crippen LogP contribution in [0.5, 0.6) is 0 Å². The molecule has 2 aliphatic heterocycles. The first-order valence-corrected chi connectivity index (χ1v) is 11.8. The molecule has 0 aliphatic carbocycles. The normalized spacial score (nSPS) is 19.8. The molecule has 1 atom stereocenters. The molecule has 7 nitrogen and oxygen atoms in total. The minimum Gasteiger partial charge on any atom is -0.369 e. The summed E-state index contributed by atoms with van der Waals surface area (Å²) in [4.78, 5) is 23.5. The van der Waals surface area contributed by atoms with Crippen molar-refractivity contribution in [1.29, 1.82) is 0 Å². The summed E-state index contributed by atoms with van der Waals surface area (Å²) in [5, 5.41) is 6.92. The smallest absolute Gasteiger partial charge is 0.225 e. The summed E-state index contributed by atoms with van der Waals surface area (Å²) in [5.74, 6) is 1.15. The average molecular weight is 557 g/mol. The number of halogens is 1. The minimum atomic E-state index is 0. The number of nitrogens with one attached hydrogen (secondary N) is 2. The standard InChI is InChI=1S/C24H40N6O.HI/c1-19(2)23(31)30-12-9-21(18-30)27-24(25-4)26-10-6-11-28-13-15-29(16-14-28)22-8-5-7-20(3)17-22;/h5,7-8,17,19,21H,6,9-16,18H2,1-4H3,(H2,25,26,27);1H. The van der Waals surface area contributed by atoms with Gasteiger partial charge in [0.05, 0.1) is 0 Å². The Hall–Kier alpha value is -1.55. The fourth-order valence-corrected chi connectivity index (χ4v) is 4.40. The number of rotatable bonds is 7. The van der Waals surface area contributed by atoms with E-state index in [4.69, 9.17) is 0 Å². The molecule has 8 heteroatoms. The maximum atomic E-state index is 12.2. The van der Waals surface area contributed by atoms with Crippen molar-refractivity contribution in [2.75, 3.05) is 64.3 Å². The Labute approximate surface area is 211 Å². The lowest BCUT2D eigenvalue weighted by atomic mass is 10.2. The first-order chi connectivity index (χ1) is 15.0. The molecule has 2 heterocycles. The topological polar surface area (TPSA) is 63.2 Å². The van der Waals surface area contributed by atoms with Gasteiger partial charge in [0.1, 0.15) is 0 Å². The van der Waals surface area contributed by atoms with Crippen molar-refractivity contribution in [1.82, 2.24) is 20.4 Å². The first kappa shape index (κ1) is 26.7. The number of piperazine rings is 1. The van der Waals surface area contributed by atoms with Crippen LogP contribution >= 0.6 is 24.0 Å². The largest absolute Gasteiger partial charge is 0.369 e. The van der Waals surface area contributed by atoms with Crippen LogP contribution in [0.25, 0.3) is 0 Å². The third-order valence-electron chi connectivity index (χ3n) is 6.24. The van der Waals surface area contributed by atoms with Crippen LogP contribution in [0.4, 0.5) is 5.69 Å². The lowest BCUT2D eigenvalue weighted by Crippen LogP contribution is -2.48. The average Bonchev–Trinajstić information content (AvgIpc) is 3.24. The van der Waals surface area contributed by atoms with Crippen LogP contribution in [0.15, 0.2) is 29.3 Å². The van der Waals surface area contributed by atoms with Gasteiger partial charge >= 0.3 is 0 Å². The molecule has 2 aliphatic rings. The number of aryl methyl sites for hydroxylation is 1. The van der Waals surface area contributed by atoms with Gasteiger partial charge in [-0.15, -0.1) is 24.0 Å². The van der Waals surface area contributed by atoms with Crippen LogP contribution in [0.1, 0.15) is 32.3 Å². The predicted molar refractivity (Wildman–Crippen MR) is 144 cm³/mol. The van der Waals surface area contributed by atoms with Gasteiger partial charge in [0.25, 0.3) is 0 Å². The fourth-order valence-electron chi connectivity index (χ4n) is 4.40. The zero-order chi connectivity index (χ0) is 22.2. The summed E-state index contributed by atoms with van der Waals surface area (Å²) in [7, 11) is 1.81. The number of carbonyl (C=O) groups is 1. The number of anilines is 1. The fraction of sp³-hybridized carbons (Fsp3) is 0.667. The summed E-state index contributed by atoms with van der Waals surface area (Å²) in [6, 6.07) is 9.08. The predicted octanol–water partition coefficient (Wildman–Crippen LogP) is 2.55. The number of hydrogen-bond acceptors (Lipinski definition) is 4. The van der Waals surface area contributed by atoms with Gasteiger partial charge < -0.3 is 20.4 Å². The van der Waals surface area contributed by atoms with E-state index >= 15 is 0 Å². The Balaban J connectivity index is 0.00000363. The quantitative estimate of drug-likeness (QED) is 0.234. The van der Waals surface area contributed by atoms with Crippen LogP contribution in [0.3, 0.4) is 0 Å². The molecule has 2 N–H and O–H groups in total. The Kier molecular flexibility index (Phi) is 11.0. The van der Waals surface area contributed by atoms with Crippen molar-refractivity contribution in [3.8, 4) is 0 Å². The summed E-state index contributed by atoms with van der Waals surface area (Å²) < 4.78 is 0. The summed E-state index contributed by atoms with van der Waals surface area (Å²) in [5.41, 5.74) is 2.67. The van der Waals surface area contributed by atoms with Gasteiger partial charge in [-0.1, -0.05) is 26.0 Å². The lowest BCUT2D eigenvalue weighted by Gasteiger charge is -2.36. The number of hydrogen-bond donors (Lipinski definition) is 2. The Bertz CT molecular complexity index is 748. The number of nitrogens with zero attached hydrogens (tertiary/aromatic N) is 4. The van der Waals surface area contributed by atoms with Gasteiger partial charge in [-0.05, 0) is 44.0 Å². The van der Waals surface area contributed by atoms with Crippen molar-refractivity contribution >= 4 is 41.5 Å². The molecule has 1 aromatic rings. The highest BCUT2D eigenvalue weighted by molar-refractivity contribution is 14.0. The molecule has 32 heavy (non-hydrogen) atoms. The summed E-state index contributed by atoms with van der Waals surface area (Å²) in [6.07, 6.45) is 2.07. The van der Waals surface area contributed by atoms with Gasteiger partial charge in [-0.3, -0.25) is 14.7 Å². The Morgan fingerprint density at radius 2 is 1.94 bits per heavy atom. The molecule has 0 aromatic heterocycles. The molecule has 2 fully saturated rings. The van der Waals surface area contributed by atoms with E-state index in [0.29, 0.717) is 0 Å². The number of carbonyl (C=O) groups excluding carboxylic acids is 1. The SMILES string of the molecule is CN=C(NCCCN1CCN(c2cccc(C)c2)CC1)NC1CCN(C(=O)C(C)C)C1.I. The van der Waals surface area contributed by atoms with Gasteiger partial charge in [0.2, 0.25) is 5.91 Å². The molecule has 0 bridgehead atoms. The zero-order valence-corrected chi connectivity index (χ0v) is 22.5. The van der Waals surface area contributed by atoms with E-state index in [1.165, 1.54) is 11.3 Å². The minimum absolute atomic E-state index is 0. The maximum absolute atomic E-state index is 12.2. The molecule has 1 amide bonds. The van der Waals surface area contributed by atoms with Crippen LogP contribution < -0.4 is 15.5 Å². The van der Waals surface area contributed by atoms with Crippen LogP contribution in [-0.2, 0) is 4.79 Å². The maximum Gasteiger partial charge on any atom is 0.225 e. The summed E-state index contributed by atoms with van der Waals surface area (Å²) >= 11 is 0. The molecule has 180 valence electrons. The first-order valence-electron chi connectivity index (χ1n) is 11.8. The van der Waals surface area contributed by atoms with Gasteiger partial charge in [-0.25, -0.2) is 0 Å². The molecule has 1 unspecified atom stereocenters. The molecule has 0 spiro atoms. The Morgan fingerprint density at radius 1 is 1.19 bits per heavy atom. The highest BCUT2D eigenvalue weighted by Gasteiger charge is 2.28. The molecule has 0 radical (unpaired) electrons. The van der Waals surface area contributed by atoms with Crippen molar-refractivity contribution in [3.63, 3.8) is 0 Å². The number of likely N-dealkylation sites (tertiary alicyclic amines) is 1. The van der Waals surface area contributed by atoms with Gasteiger partial charge in [-0.2, -0.15) is 0 Å². The van der Waals surface area contributed by atoms with Crippen LogP contribution in [-0.4, -0.2) is 87.1 Å². The second-order valence-corrected chi connectivity index (χ2v) is 9.09. The lowest BCUT2D eigenvalue weighted by molar-refractivity contribution is -0.133. The highest BCUT2D eigenvalue weighted by Crippen LogP contribution is 2.18. The van der Waals surface area contributed by atoms with Crippen LogP contribution in [0, 0.1) is 12.8 Å². The van der Waals surface area contributed by atoms with Gasteiger partial charge in [0, 0.05) is 70.5 Å². The second kappa shape index (κ2) is 13.2. The Morgan fingerprint density at radius 3 is 2.59 bits per heavy atom. The van der Waals surface area contributed by atoms with Crippen LogP contribution in [0.2, 0.25) is 0 Å². The van der Waals surface area contributed by atoms with E-state index in [1.807, 2.05) is 25.8 Å². The monoisotopic (exact) mass is 556 g/mol. The number of amides is 1. The van der Waals surface area contributed by atoms with E-state index in [1.54, 1.807) is 0 Å². The summed E-state index contributed by atoms with van der Waals surface area (Å²) in [6.45, 7) is 14.1. The third-order valence-corrected chi connectivity index (χ3v) is 6.24. The molecule has 3 rings (SSSR count). The third kappa shape index (κ3) is 7.79. The van der Waals surface area contributed by atoms with E-state index in [0.717, 1.165) is 71.2 Å². The van der Waals surface area contributed by atoms with E-state index in [-0.39, 0.29) is 41.8 Å². The number of aliphatic imine (C=N–C) groups is 1. The molecule has 1 aromatic carbocycles. The van der Waals surface area contributed by atoms with Crippen molar-refractivity contribution < 1.29 is 4.79 Å². The van der Waals surface area contributed by atoms with E-state index in [2.05, 4.69) is 56.6 Å².